The maximum atomic E-state index is 12.1. The molecule has 2 aromatic carbocycles. The van der Waals surface area contributed by atoms with Gasteiger partial charge in [-0.05, 0) is 30.3 Å². The topological polar surface area (TPSA) is 107 Å². The molecule has 146 valence electrons. The third kappa shape index (κ3) is 4.50. The molecule has 1 aliphatic rings. The van der Waals surface area contributed by atoms with Crippen LogP contribution in [0.4, 0.5) is 0 Å². The number of amides is 2. The van der Waals surface area contributed by atoms with Crippen molar-refractivity contribution in [1.29, 1.82) is 0 Å². The molecule has 28 heavy (non-hydrogen) atoms. The smallest absolute Gasteiger partial charge is 0.259 e. The first-order valence-corrected chi connectivity index (χ1v) is 8.32. The van der Waals surface area contributed by atoms with Crippen LogP contribution in [-0.4, -0.2) is 45.6 Å². The highest BCUT2D eigenvalue weighted by atomic mass is 16.7. The lowest BCUT2D eigenvalue weighted by molar-refractivity contribution is -0.120. The minimum absolute atomic E-state index is 0.125. The molecule has 0 radical (unpaired) electrons. The maximum absolute atomic E-state index is 12.1. The normalized spacial score (nSPS) is 11.9. The number of ether oxygens (including phenoxy) is 4. The zero-order chi connectivity index (χ0) is 19.9. The third-order valence-corrected chi connectivity index (χ3v) is 3.88. The maximum Gasteiger partial charge on any atom is 0.259 e. The summed E-state index contributed by atoms with van der Waals surface area (Å²) in [5.41, 5.74) is 3.37. The molecule has 0 aliphatic carbocycles. The van der Waals surface area contributed by atoms with Gasteiger partial charge in [-0.25, -0.2) is 5.43 Å². The molecule has 2 amide bonds. The van der Waals surface area contributed by atoms with Crippen LogP contribution < -0.4 is 29.7 Å². The van der Waals surface area contributed by atoms with Gasteiger partial charge in [-0.1, -0.05) is 0 Å². The van der Waals surface area contributed by atoms with E-state index in [0.717, 1.165) is 0 Å². The van der Waals surface area contributed by atoms with E-state index in [2.05, 4.69) is 15.8 Å². The number of benzene rings is 2. The summed E-state index contributed by atoms with van der Waals surface area (Å²) >= 11 is 0. The minimum atomic E-state index is -0.474. The fourth-order valence-corrected chi connectivity index (χ4v) is 2.44. The van der Waals surface area contributed by atoms with Gasteiger partial charge < -0.3 is 24.3 Å². The number of fused-ring (bicyclic) bond motifs is 1. The van der Waals surface area contributed by atoms with Crippen LogP contribution in [-0.2, 0) is 4.79 Å². The van der Waals surface area contributed by atoms with Crippen LogP contribution in [0.2, 0.25) is 0 Å². The molecule has 0 saturated heterocycles. The Balaban J connectivity index is 1.50. The lowest BCUT2D eigenvalue weighted by Crippen LogP contribution is -2.34. The predicted octanol–water partition coefficient (Wildman–Crippen LogP) is 1.31. The van der Waals surface area contributed by atoms with E-state index < -0.39 is 11.8 Å². The van der Waals surface area contributed by atoms with Gasteiger partial charge in [0.15, 0.2) is 11.5 Å². The number of hydrazone groups is 1. The van der Waals surface area contributed by atoms with Crippen molar-refractivity contribution in [2.75, 3.05) is 27.6 Å². The fourth-order valence-electron chi connectivity index (χ4n) is 2.44. The number of nitrogens with zero attached hydrogens (tertiary/aromatic N) is 1. The Morgan fingerprint density at radius 1 is 1.11 bits per heavy atom. The van der Waals surface area contributed by atoms with Gasteiger partial charge in [-0.2, -0.15) is 5.10 Å². The monoisotopic (exact) mass is 385 g/mol. The number of methoxy groups -OCH3 is 2. The molecular formula is C19H19N3O6. The van der Waals surface area contributed by atoms with E-state index in [4.69, 9.17) is 18.9 Å². The van der Waals surface area contributed by atoms with Gasteiger partial charge in [0.05, 0.1) is 27.0 Å². The zero-order valence-electron chi connectivity index (χ0n) is 15.4. The van der Waals surface area contributed by atoms with E-state index >= 15 is 0 Å². The second-order valence-electron chi connectivity index (χ2n) is 5.65. The Hall–Kier alpha value is -3.75. The summed E-state index contributed by atoms with van der Waals surface area (Å²) in [4.78, 5) is 24.0. The molecule has 0 saturated carbocycles. The second kappa shape index (κ2) is 8.76. The summed E-state index contributed by atoms with van der Waals surface area (Å²) in [5, 5.41) is 6.38. The second-order valence-corrected chi connectivity index (χ2v) is 5.65. The minimum Gasteiger partial charge on any atom is -0.497 e. The Bertz CT molecular complexity index is 913. The van der Waals surface area contributed by atoms with Gasteiger partial charge in [0, 0.05) is 17.2 Å². The van der Waals surface area contributed by atoms with Crippen LogP contribution in [0.3, 0.4) is 0 Å². The number of nitrogens with one attached hydrogen (secondary N) is 2. The first kappa shape index (κ1) is 19.0. The molecule has 0 atom stereocenters. The summed E-state index contributed by atoms with van der Waals surface area (Å²) in [6.45, 7) is -0.107. The SMILES string of the molecule is COc1ccc(/C=N/NC(=O)CNC(=O)c2ccc3c(c2)OCO3)c(OC)c1. The van der Waals surface area contributed by atoms with Gasteiger partial charge >= 0.3 is 0 Å². The van der Waals surface area contributed by atoms with E-state index in [9.17, 15) is 9.59 Å². The van der Waals surface area contributed by atoms with Gasteiger partial charge in [-0.15, -0.1) is 0 Å². The molecule has 0 spiro atoms. The number of rotatable bonds is 7. The quantitative estimate of drug-likeness (QED) is 0.550. The highest BCUT2D eigenvalue weighted by molar-refractivity contribution is 5.97. The number of carbonyl (C=O) groups excluding carboxylic acids is 2. The predicted molar refractivity (Wildman–Crippen MR) is 100 cm³/mol. The van der Waals surface area contributed by atoms with Gasteiger partial charge in [-0.3, -0.25) is 9.59 Å². The summed E-state index contributed by atoms with van der Waals surface area (Å²) < 4.78 is 20.8. The molecule has 2 aromatic rings. The Morgan fingerprint density at radius 3 is 2.71 bits per heavy atom. The van der Waals surface area contributed by atoms with Crippen LogP contribution in [0, 0.1) is 0 Å². The van der Waals surface area contributed by atoms with Crippen LogP contribution >= 0.6 is 0 Å². The van der Waals surface area contributed by atoms with Crippen LogP contribution in [0.15, 0.2) is 41.5 Å². The van der Waals surface area contributed by atoms with Crippen LogP contribution in [0.25, 0.3) is 0 Å². The molecule has 0 bridgehead atoms. The molecule has 3 rings (SSSR count). The van der Waals surface area contributed by atoms with E-state index in [1.54, 1.807) is 43.5 Å². The van der Waals surface area contributed by atoms with E-state index in [-0.39, 0.29) is 13.3 Å². The molecule has 1 heterocycles. The molecule has 9 nitrogen and oxygen atoms in total. The van der Waals surface area contributed by atoms with Crippen molar-refractivity contribution in [3.8, 4) is 23.0 Å². The summed E-state index contributed by atoms with van der Waals surface area (Å²) in [6.07, 6.45) is 1.44. The Labute approximate surface area is 161 Å². The highest BCUT2D eigenvalue weighted by Gasteiger charge is 2.16. The Morgan fingerprint density at radius 2 is 1.93 bits per heavy atom. The standard InChI is InChI=1S/C19H19N3O6/c1-25-14-5-3-13(16(8-14)26-2)9-21-22-18(23)10-20-19(24)12-4-6-15-17(7-12)28-11-27-15/h3-9H,10-11H2,1-2H3,(H,20,24)(H,22,23)/b21-9+. The summed E-state index contributed by atoms with van der Waals surface area (Å²) in [6, 6.07) is 9.99. The lowest BCUT2D eigenvalue weighted by atomic mass is 10.2. The first-order valence-electron chi connectivity index (χ1n) is 8.32. The van der Waals surface area contributed by atoms with Crippen molar-refractivity contribution >= 4 is 18.0 Å². The molecule has 0 unspecified atom stereocenters. The van der Waals surface area contributed by atoms with Gasteiger partial charge in [0.1, 0.15) is 11.5 Å². The van der Waals surface area contributed by atoms with Crippen molar-refractivity contribution in [3.63, 3.8) is 0 Å². The number of hydrogen-bond donors (Lipinski definition) is 2. The van der Waals surface area contributed by atoms with Crippen molar-refractivity contribution in [3.05, 3.63) is 47.5 Å². The van der Waals surface area contributed by atoms with Crippen LogP contribution in [0.5, 0.6) is 23.0 Å². The first-order chi connectivity index (χ1) is 13.6. The highest BCUT2D eigenvalue weighted by Crippen LogP contribution is 2.32. The Kier molecular flexibility index (Phi) is 5.95. The van der Waals surface area contributed by atoms with Gasteiger partial charge in [0.25, 0.3) is 11.8 Å². The van der Waals surface area contributed by atoms with Gasteiger partial charge in [0.2, 0.25) is 6.79 Å². The summed E-state index contributed by atoms with van der Waals surface area (Å²) in [5.74, 6) is 1.39. The molecule has 0 aromatic heterocycles. The summed E-state index contributed by atoms with van der Waals surface area (Å²) in [7, 11) is 3.08. The largest absolute Gasteiger partial charge is 0.497 e. The van der Waals surface area contributed by atoms with Crippen LogP contribution in [0.1, 0.15) is 15.9 Å². The van der Waals surface area contributed by atoms with Crippen molar-refractivity contribution in [2.45, 2.75) is 0 Å². The number of carbonyl (C=O) groups is 2. The fraction of sp³-hybridized carbons (Fsp3) is 0.211. The van der Waals surface area contributed by atoms with E-state index in [1.165, 1.54) is 13.3 Å². The molecular weight excluding hydrogens is 366 g/mol. The molecule has 2 N–H and O–H groups in total. The zero-order valence-corrected chi connectivity index (χ0v) is 15.4. The molecule has 9 heteroatoms. The third-order valence-electron chi connectivity index (χ3n) is 3.88. The number of hydrogen-bond acceptors (Lipinski definition) is 7. The van der Waals surface area contributed by atoms with E-state index in [0.29, 0.717) is 34.1 Å². The van der Waals surface area contributed by atoms with Crippen molar-refractivity contribution in [2.24, 2.45) is 5.10 Å². The average molecular weight is 385 g/mol. The molecule has 1 aliphatic heterocycles. The lowest BCUT2D eigenvalue weighted by Gasteiger charge is -2.07. The molecule has 0 fully saturated rings. The van der Waals surface area contributed by atoms with Crippen molar-refractivity contribution in [1.82, 2.24) is 10.7 Å². The van der Waals surface area contributed by atoms with Crippen molar-refractivity contribution < 1.29 is 28.5 Å². The average Bonchev–Trinajstić information content (AvgIpc) is 3.20. The van der Waals surface area contributed by atoms with E-state index in [1.807, 2.05) is 0 Å².